The van der Waals surface area contributed by atoms with E-state index in [1.54, 1.807) is 17.5 Å². The molecule has 1 N–H and O–H groups in total. The molecule has 2 rings (SSSR count). The Morgan fingerprint density at radius 2 is 2.33 bits per heavy atom. The topological polar surface area (TPSA) is 37.8 Å². The molecule has 0 saturated carbocycles. The maximum absolute atomic E-state index is 3.99. The zero-order valence-corrected chi connectivity index (χ0v) is 10.6. The molecule has 0 aliphatic heterocycles. The van der Waals surface area contributed by atoms with Crippen LogP contribution in [-0.2, 0) is 6.54 Å². The largest absolute Gasteiger partial charge is 0.364 e. The zero-order chi connectivity index (χ0) is 10.7. The number of aryl methyl sites for hydroxylation is 1. The van der Waals surface area contributed by atoms with Gasteiger partial charge in [-0.25, -0.2) is 0 Å². The summed E-state index contributed by atoms with van der Waals surface area (Å²) in [5.74, 6) is 0.819. The van der Waals surface area contributed by atoms with Crippen molar-refractivity contribution < 1.29 is 0 Å². The van der Waals surface area contributed by atoms with Crippen LogP contribution in [0.25, 0.3) is 0 Å². The van der Waals surface area contributed by atoms with Crippen LogP contribution in [0.3, 0.4) is 0 Å². The molecule has 2 heterocycles. The first-order chi connectivity index (χ1) is 7.24. The Hall–Kier alpha value is -0.940. The lowest BCUT2D eigenvalue weighted by Crippen LogP contribution is -2.00. The van der Waals surface area contributed by atoms with E-state index in [2.05, 4.69) is 37.5 Å². The lowest BCUT2D eigenvalue weighted by Gasteiger charge is -2.02. The Bertz CT molecular complexity index is 455. The van der Waals surface area contributed by atoms with Crippen molar-refractivity contribution in [1.29, 1.82) is 0 Å². The maximum atomic E-state index is 3.99. The minimum Gasteiger partial charge on any atom is -0.364 e. The number of aromatic nitrogens is 2. The molecule has 3 nitrogen and oxygen atoms in total. The van der Waals surface area contributed by atoms with Crippen molar-refractivity contribution in [2.75, 3.05) is 5.32 Å². The molecule has 0 amide bonds. The first kappa shape index (κ1) is 10.6. The molecule has 0 spiro atoms. The van der Waals surface area contributed by atoms with Gasteiger partial charge in [-0.1, -0.05) is 0 Å². The van der Waals surface area contributed by atoms with Crippen LogP contribution in [0.2, 0.25) is 0 Å². The molecule has 0 saturated heterocycles. The van der Waals surface area contributed by atoms with Crippen molar-refractivity contribution in [3.63, 3.8) is 0 Å². The number of hydrogen-bond donors (Lipinski definition) is 1. The minimum atomic E-state index is 0.786. The van der Waals surface area contributed by atoms with Gasteiger partial charge in [-0.05, 0) is 46.6 Å². The lowest BCUT2D eigenvalue weighted by atomic mass is 10.3. The summed E-state index contributed by atoms with van der Waals surface area (Å²) in [6.07, 6.45) is 1.74. The predicted octanol–water partition coefficient (Wildman–Crippen LogP) is 3.22. The van der Waals surface area contributed by atoms with Gasteiger partial charge in [0.15, 0.2) is 0 Å². The van der Waals surface area contributed by atoms with Gasteiger partial charge in [0.2, 0.25) is 0 Å². The maximum Gasteiger partial charge on any atom is 0.149 e. The molecule has 15 heavy (non-hydrogen) atoms. The monoisotopic (exact) mass is 283 g/mol. The average Bonchev–Trinajstić information content (AvgIpc) is 2.62. The summed E-state index contributed by atoms with van der Waals surface area (Å²) >= 11 is 5.15. The molecule has 0 unspecified atom stereocenters. The highest BCUT2D eigenvalue weighted by atomic mass is 79.9. The second-order valence-corrected chi connectivity index (χ2v) is 5.73. The molecule has 5 heteroatoms. The predicted molar refractivity (Wildman–Crippen MR) is 66.1 cm³/mol. The zero-order valence-electron chi connectivity index (χ0n) is 8.20. The molecule has 0 fully saturated rings. The van der Waals surface area contributed by atoms with Crippen molar-refractivity contribution in [1.82, 2.24) is 10.2 Å². The molecular weight excluding hydrogens is 274 g/mol. The standard InChI is InChI=1S/C10H10BrN3S/c1-7-4-10(14-13-5-7)12-6-8-2-3-9(11)15-8/h2-5H,6H2,1H3,(H,12,14). The number of thiophene rings is 1. The first-order valence-corrected chi connectivity index (χ1v) is 6.12. The molecule has 0 radical (unpaired) electrons. The molecular formula is C10H10BrN3S. The minimum absolute atomic E-state index is 0.786. The number of anilines is 1. The van der Waals surface area contributed by atoms with E-state index in [1.165, 1.54) is 4.88 Å². The van der Waals surface area contributed by atoms with Crippen LogP contribution in [0.4, 0.5) is 5.82 Å². The number of halogens is 1. The van der Waals surface area contributed by atoms with Crippen molar-refractivity contribution in [2.24, 2.45) is 0 Å². The van der Waals surface area contributed by atoms with E-state index in [1.807, 2.05) is 19.1 Å². The third-order valence-corrected chi connectivity index (χ3v) is 3.49. The van der Waals surface area contributed by atoms with Crippen molar-refractivity contribution in [2.45, 2.75) is 13.5 Å². The molecule has 0 aliphatic rings. The van der Waals surface area contributed by atoms with Crippen LogP contribution >= 0.6 is 27.3 Å². The highest BCUT2D eigenvalue weighted by Gasteiger charge is 1.99. The molecule has 0 bridgehead atoms. The normalized spacial score (nSPS) is 10.3. The Labute approximate surface area is 101 Å². The summed E-state index contributed by atoms with van der Waals surface area (Å²) in [7, 11) is 0. The van der Waals surface area contributed by atoms with Gasteiger partial charge in [0.1, 0.15) is 5.82 Å². The fourth-order valence-electron chi connectivity index (χ4n) is 1.17. The molecule has 0 aliphatic carbocycles. The second-order valence-electron chi connectivity index (χ2n) is 3.18. The third-order valence-electron chi connectivity index (χ3n) is 1.86. The number of nitrogens with zero attached hydrogens (tertiary/aromatic N) is 2. The SMILES string of the molecule is Cc1cnnc(NCc2ccc(Br)s2)c1. The smallest absolute Gasteiger partial charge is 0.149 e. The molecule has 2 aromatic rings. The van der Waals surface area contributed by atoms with Crippen LogP contribution in [0.1, 0.15) is 10.4 Å². The Morgan fingerprint density at radius 3 is 3.00 bits per heavy atom. The van der Waals surface area contributed by atoms with E-state index < -0.39 is 0 Å². The van der Waals surface area contributed by atoms with Crippen molar-refractivity contribution in [3.05, 3.63) is 38.6 Å². The number of nitrogens with one attached hydrogen (secondary N) is 1. The molecule has 2 aromatic heterocycles. The fourth-order valence-corrected chi connectivity index (χ4v) is 2.60. The van der Waals surface area contributed by atoms with Crippen molar-refractivity contribution in [3.8, 4) is 0 Å². The average molecular weight is 284 g/mol. The second kappa shape index (κ2) is 4.72. The van der Waals surface area contributed by atoms with Crippen LogP contribution in [0.15, 0.2) is 28.2 Å². The van der Waals surface area contributed by atoms with Gasteiger partial charge < -0.3 is 5.32 Å². The van der Waals surface area contributed by atoms with Gasteiger partial charge in [-0.3, -0.25) is 0 Å². The van der Waals surface area contributed by atoms with Gasteiger partial charge >= 0.3 is 0 Å². The van der Waals surface area contributed by atoms with Gasteiger partial charge in [-0.2, -0.15) is 5.10 Å². The summed E-state index contributed by atoms with van der Waals surface area (Å²) in [6, 6.07) is 6.12. The molecule has 0 atom stereocenters. The first-order valence-electron chi connectivity index (χ1n) is 4.51. The van der Waals surface area contributed by atoms with Crippen LogP contribution in [0, 0.1) is 6.92 Å². The van der Waals surface area contributed by atoms with Gasteiger partial charge in [-0.15, -0.1) is 16.4 Å². The van der Waals surface area contributed by atoms with E-state index in [-0.39, 0.29) is 0 Å². The lowest BCUT2D eigenvalue weighted by molar-refractivity contribution is 0.993. The summed E-state index contributed by atoms with van der Waals surface area (Å²) in [6.45, 7) is 2.79. The van der Waals surface area contributed by atoms with Gasteiger partial charge in [0, 0.05) is 4.88 Å². The van der Waals surface area contributed by atoms with E-state index in [9.17, 15) is 0 Å². The van der Waals surface area contributed by atoms with Crippen molar-refractivity contribution >= 4 is 33.1 Å². The highest BCUT2D eigenvalue weighted by molar-refractivity contribution is 9.11. The van der Waals surface area contributed by atoms with Gasteiger partial charge in [0.05, 0.1) is 16.5 Å². The summed E-state index contributed by atoms with van der Waals surface area (Å²) in [4.78, 5) is 1.27. The summed E-state index contributed by atoms with van der Waals surface area (Å²) < 4.78 is 1.15. The fraction of sp³-hybridized carbons (Fsp3) is 0.200. The van der Waals surface area contributed by atoms with Crippen LogP contribution < -0.4 is 5.32 Å². The van der Waals surface area contributed by atoms with E-state index >= 15 is 0 Å². The molecule has 78 valence electrons. The highest BCUT2D eigenvalue weighted by Crippen LogP contribution is 2.22. The molecule has 0 aromatic carbocycles. The van der Waals surface area contributed by atoms with Crippen LogP contribution in [-0.4, -0.2) is 10.2 Å². The van der Waals surface area contributed by atoms with Gasteiger partial charge in [0.25, 0.3) is 0 Å². The van der Waals surface area contributed by atoms with E-state index in [0.717, 1.165) is 21.7 Å². The Morgan fingerprint density at radius 1 is 1.47 bits per heavy atom. The Balaban J connectivity index is 1.99. The summed E-state index contributed by atoms with van der Waals surface area (Å²) in [5, 5.41) is 11.1. The quantitative estimate of drug-likeness (QED) is 0.940. The summed E-state index contributed by atoms with van der Waals surface area (Å²) in [5.41, 5.74) is 1.11. The third kappa shape index (κ3) is 3.00. The number of rotatable bonds is 3. The number of hydrogen-bond acceptors (Lipinski definition) is 4. The van der Waals surface area contributed by atoms with Crippen LogP contribution in [0.5, 0.6) is 0 Å². The Kier molecular flexibility index (Phi) is 3.33. The van der Waals surface area contributed by atoms with E-state index in [4.69, 9.17) is 0 Å². The van der Waals surface area contributed by atoms with E-state index in [0.29, 0.717) is 0 Å².